The Morgan fingerprint density at radius 2 is 2.04 bits per heavy atom. The van der Waals surface area contributed by atoms with Gasteiger partial charge in [0.25, 0.3) is 5.91 Å². The van der Waals surface area contributed by atoms with E-state index in [9.17, 15) is 18.0 Å². The summed E-state index contributed by atoms with van der Waals surface area (Å²) in [6.45, 7) is 0.196. The van der Waals surface area contributed by atoms with Crippen molar-refractivity contribution in [3.05, 3.63) is 47.8 Å². The van der Waals surface area contributed by atoms with Crippen molar-refractivity contribution in [3.8, 4) is 16.9 Å². The van der Waals surface area contributed by atoms with Crippen molar-refractivity contribution in [2.45, 2.75) is 19.0 Å². The van der Waals surface area contributed by atoms with Crippen LogP contribution >= 0.6 is 0 Å². The van der Waals surface area contributed by atoms with Crippen LogP contribution in [0.4, 0.5) is 13.2 Å². The minimum atomic E-state index is -4.29. The van der Waals surface area contributed by atoms with Crippen LogP contribution in [0.25, 0.3) is 11.1 Å². The molecule has 0 radical (unpaired) electrons. The Morgan fingerprint density at radius 3 is 2.83 bits per heavy atom. The van der Waals surface area contributed by atoms with Gasteiger partial charge in [-0.3, -0.25) is 9.78 Å². The van der Waals surface area contributed by atoms with E-state index in [1.807, 2.05) is 18.2 Å². The number of carbonyl (C=O) groups excluding carboxylic acids is 1. The zero-order valence-electron chi connectivity index (χ0n) is 12.7. The van der Waals surface area contributed by atoms with E-state index in [1.54, 1.807) is 12.3 Å². The van der Waals surface area contributed by atoms with Crippen LogP contribution in [0.1, 0.15) is 22.3 Å². The number of aromatic nitrogens is 1. The fourth-order valence-electron chi connectivity index (χ4n) is 2.51. The summed E-state index contributed by atoms with van der Waals surface area (Å²) in [5.41, 5.74) is 2.93. The lowest BCUT2D eigenvalue weighted by Crippen LogP contribution is -2.28. The molecule has 2 aromatic rings. The fourth-order valence-corrected chi connectivity index (χ4v) is 2.51. The van der Waals surface area contributed by atoms with Gasteiger partial charge in [-0.2, -0.15) is 13.2 Å². The number of alkyl halides is 3. The van der Waals surface area contributed by atoms with Gasteiger partial charge in [-0.15, -0.1) is 0 Å². The van der Waals surface area contributed by atoms with Crippen LogP contribution in [-0.2, 0) is 6.42 Å². The Kier molecular flexibility index (Phi) is 4.42. The van der Waals surface area contributed by atoms with Gasteiger partial charge in [0.05, 0.1) is 18.6 Å². The van der Waals surface area contributed by atoms with Crippen molar-refractivity contribution < 1.29 is 22.7 Å². The number of hydrogen-bond acceptors (Lipinski definition) is 3. The molecule has 7 heteroatoms. The molecule has 0 atom stereocenters. The smallest absolute Gasteiger partial charge is 0.390 e. The second kappa shape index (κ2) is 6.51. The van der Waals surface area contributed by atoms with Crippen molar-refractivity contribution >= 4 is 5.91 Å². The highest BCUT2D eigenvalue weighted by molar-refractivity contribution is 5.95. The van der Waals surface area contributed by atoms with Gasteiger partial charge in [0, 0.05) is 30.9 Å². The van der Waals surface area contributed by atoms with E-state index < -0.39 is 25.0 Å². The summed E-state index contributed by atoms with van der Waals surface area (Å²) < 4.78 is 41.8. The van der Waals surface area contributed by atoms with E-state index in [4.69, 9.17) is 4.74 Å². The first-order valence-corrected chi connectivity index (χ1v) is 7.48. The van der Waals surface area contributed by atoms with E-state index in [2.05, 4.69) is 10.3 Å². The lowest BCUT2D eigenvalue weighted by atomic mass is 10.0. The molecule has 0 fully saturated rings. The van der Waals surface area contributed by atoms with Crippen molar-refractivity contribution in [2.24, 2.45) is 0 Å². The molecule has 24 heavy (non-hydrogen) atoms. The summed E-state index contributed by atoms with van der Waals surface area (Å²) >= 11 is 0. The highest BCUT2D eigenvalue weighted by Gasteiger charge is 2.26. The second-order valence-electron chi connectivity index (χ2n) is 5.50. The Bertz CT molecular complexity index is 760. The number of carbonyl (C=O) groups is 1. The second-order valence-corrected chi connectivity index (χ2v) is 5.50. The topological polar surface area (TPSA) is 51.2 Å². The third-order valence-electron chi connectivity index (χ3n) is 3.72. The minimum absolute atomic E-state index is 0.228. The average molecular weight is 336 g/mol. The molecule has 2 heterocycles. The quantitative estimate of drug-likeness (QED) is 0.931. The molecule has 3 rings (SSSR count). The van der Waals surface area contributed by atoms with Gasteiger partial charge in [0.2, 0.25) is 0 Å². The van der Waals surface area contributed by atoms with E-state index in [1.165, 1.54) is 6.20 Å². The van der Waals surface area contributed by atoms with E-state index in [0.717, 1.165) is 28.9 Å². The highest BCUT2D eigenvalue weighted by Crippen LogP contribution is 2.30. The SMILES string of the molecule is O=C(NCCC(F)(F)F)c1cncc(-c2ccc3c(c2)CCO3)c1. The molecule has 1 N–H and O–H groups in total. The van der Waals surface area contributed by atoms with Crippen molar-refractivity contribution in [1.82, 2.24) is 10.3 Å². The van der Waals surface area contributed by atoms with Crippen molar-refractivity contribution in [3.63, 3.8) is 0 Å². The number of pyridine rings is 1. The maximum absolute atomic E-state index is 12.1. The van der Waals surface area contributed by atoms with Crippen molar-refractivity contribution in [2.75, 3.05) is 13.2 Å². The monoisotopic (exact) mass is 336 g/mol. The number of halogens is 3. The van der Waals surface area contributed by atoms with Gasteiger partial charge in [0.15, 0.2) is 0 Å². The first-order chi connectivity index (χ1) is 11.4. The third-order valence-corrected chi connectivity index (χ3v) is 3.72. The number of rotatable bonds is 4. The van der Waals surface area contributed by atoms with Crippen LogP contribution in [-0.4, -0.2) is 30.2 Å². The first kappa shape index (κ1) is 16.3. The molecule has 0 saturated carbocycles. The minimum Gasteiger partial charge on any atom is -0.493 e. The molecule has 1 aromatic carbocycles. The Balaban J connectivity index is 1.73. The average Bonchev–Trinajstić information content (AvgIpc) is 3.01. The summed E-state index contributed by atoms with van der Waals surface area (Å²) in [6.07, 6.45) is -1.57. The summed E-state index contributed by atoms with van der Waals surface area (Å²) in [4.78, 5) is 16.0. The number of benzene rings is 1. The normalized spacial score (nSPS) is 13.3. The van der Waals surface area contributed by atoms with E-state index in [-0.39, 0.29) is 5.56 Å². The standard InChI is InChI=1S/C17H15F3N2O2/c18-17(19,20)4-5-22-16(23)14-8-13(9-21-10-14)11-1-2-15-12(7-11)3-6-24-15/h1-2,7-10H,3-6H2,(H,22,23). The molecular formula is C17H15F3N2O2. The Morgan fingerprint density at radius 1 is 1.21 bits per heavy atom. The maximum atomic E-state index is 12.1. The molecule has 0 unspecified atom stereocenters. The van der Waals surface area contributed by atoms with Gasteiger partial charge in [-0.25, -0.2) is 0 Å². The fraction of sp³-hybridized carbons (Fsp3) is 0.294. The zero-order chi connectivity index (χ0) is 17.2. The van der Waals surface area contributed by atoms with Crippen LogP contribution in [0.5, 0.6) is 5.75 Å². The molecule has 4 nitrogen and oxygen atoms in total. The molecule has 1 aliphatic heterocycles. The maximum Gasteiger partial charge on any atom is 0.390 e. The van der Waals surface area contributed by atoms with E-state index in [0.29, 0.717) is 6.61 Å². The lowest BCUT2D eigenvalue weighted by Gasteiger charge is -2.09. The first-order valence-electron chi connectivity index (χ1n) is 7.48. The molecule has 1 aromatic heterocycles. The molecule has 0 aliphatic carbocycles. The van der Waals surface area contributed by atoms with Crippen LogP contribution in [0, 0.1) is 0 Å². The number of amides is 1. The molecule has 0 saturated heterocycles. The number of nitrogens with zero attached hydrogens (tertiary/aromatic N) is 1. The summed E-state index contributed by atoms with van der Waals surface area (Å²) in [7, 11) is 0. The molecule has 0 spiro atoms. The van der Waals surface area contributed by atoms with Crippen LogP contribution in [0.15, 0.2) is 36.7 Å². The number of hydrogen-bond donors (Lipinski definition) is 1. The zero-order valence-corrected chi connectivity index (χ0v) is 12.7. The summed E-state index contributed by atoms with van der Waals surface area (Å²) in [6, 6.07) is 7.33. The lowest BCUT2D eigenvalue weighted by molar-refractivity contribution is -0.132. The van der Waals surface area contributed by atoms with Gasteiger partial charge in [0.1, 0.15) is 5.75 Å². The molecule has 0 bridgehead atoms. The summed E-state index contributed by atoms with van der Waals surface area (Å²) in [5, 5.41) is 2.26. The van der Waals surface area contributed by atoms with Crippen LogP contribution in [0.2, 0.25) is 0 Å². The van der Waals surface area contributed by atoms with Crippen LogP contribution < -0.4 is 10.1 Å². The van der Waals surface area contributed by atoms with Crippen LogP contribution in [0.3, 0.4) is 0 Å². The Hall–Kier alpha value is -2.57. The van der Waals surface area contributed by atoms with Gasteiger partial charge in [-0.05, 0) is 29.3 Å². The highest BCUT2D eigenvalue weighted by atomic mass is 19.4. The van der Waals surface area contributed by atoms with Crippen molar-refractivity contribution in [1.29, 1.82) is 0 Å². The van der Waals surface area contributed by atoms with Gasteiger partial charge < -0.3 is 10.1 Å². The largest absolute Gasteiger partial charge is 0.493 e. The molecule has 126 valence electrons. The van der Waals surface area contributed by atoms with E-state index >= 15 is 0 Å². The van der Waals surface area contributed by atoms with Gasteiger partial charge in [-0.1, -0.05) is 6.07 Å². The Labute approximate surface area is 136 Å². The predicted molar refractivity (Wildman–Crippen MR) is 81.9 cm³/mol. The number of nitrogens with one attached hydrogen (secondary N) is 1. The molecule has 1 amide bonds. The van der Waals surface area contributed by atoms with Gasteiger partial charge >= 0.3 is 6.18 Å². The molecular weight excluding hydrogens is 321 g/mol. The number of ether oxygens (including phenoxy) is 1. The third kappa shape index (κ3) is 3.84. The summed E-state index contributed by atoms with van der Waals surface area (Å²) in [5.74, 6) is 0.283. The number of fused-ring (bicyclic) bond motifs is 1. The predicted octanol–water partition coefficient (Wildman–Crippen LogP) is 3.37. The molecule has 1 aliphatic rings.